The zero-order chi connectivity index (χ0) is 20.3. The lowest BCUT2D eigenvalue weighted by molar-refractivity contribution is 0.102. The molecule has 10 heteroatoms. The lowest BCUT2D eigenvalue weighted by Crippen LogP contribution is -2.36. The van der Waals surface area contributed by atoms with E-state index in [-0.39, 0.29) is 11.6 Å². The Morgan fingerprint density at radius 2 is 1.73 bits per heavy atom. The lowest BCUT2D eigenvalue weighted by atomic mass is 10.2. The van der Waals surface area contributed by atoms with Crippen LogP contribution in [0, 0.1) is 0 Å². The molecule has 0 unspecified atom stereocenters. The number of fused-ring (bicyclic) bond motifs is 1. The van der Waals surface area contributed by atoms with Crippen molar-refractivity contribution in [3.8, 4) is 17.3 Å². The van der Waals surface area contributed by atoms with Crippen LogP contribution >= 0.6 is 0 Å². The largest absolute Gasteiger partial charge is 0.486 e. The second kappa shape index (κ2) is 7.99. The first kappa shape index (κ1) is 18.4. The van der Waals surface area contributed by atoms with Crippen LogP contribution in [0.25, 0.3) is 5.82 Å². The SMILES string of the molecule is O=C(Nc1ccc2c(c1)OCCO2)c1cn(-c2cc(N3CCOCC3)ncn2)cn1. The summed E-state index contributed by atoms with van der Waals surface area (Å²) in [7, 11) is 0. The van der Waals surface area contributed by atoms with E-state index < -0.39 is 0 Å². The number of hydrogen-bond donors (Lipinski definition) is 1. The molecule has 1 amide bonds. The highest BCUT2D eigenvalue weighted by Crippen LogP contribution is 2.32. The highest BCUT2D eigenvalue weighted by Gasteiger charge is 2.17. The minimum atomic E-state index is -0.326. The normalized spacial score (nSPS) is 15.7. The van der Waals surface area contributed by atoms with Gasteiger partial charge < -0.3 is 24.4 Å². The van der Waals surface area contributed by atoms with Crippen molar-refractivity contribution in [2.45, 2.75) is 0 Å². The average Bonchev–Trinajstić information content (AvgIpc) is 3.30. The number of ether oxygens (including phenoxy) is 3. The zero-order valence-corrected chi connectivity index (χ0v) is 16.2. The molecule has 1 N–H and O–H groups in total. The maximum Gasteiger partial charge on any atom is 0.275 e. The summed E-state index contributed by atoms with van der Waals surface area (Å²) in [6, 6.07) is 7.15. The summed E-state index contributed by atoms with van der Waals surface area (Å²) in [5.41, 5.74) is 0.881. The summed E-state index contributed by atoms with van der Waals surface area (Å²) in [4.78, 5) is 27.6. The molecule has 5 rings (SSSR count). The topological polar surface area (TPSA) is 104 Å². The molecule has 4 heterocycles. The fourth-order valence-corrected chi connectivity index (χ4v) is 3.33. The second-order valence-electron chi connectivity index (χ2n) is 6.81. The number of morpholine rings is 1. The molecule has 1 aromatic carbocycles. The number of benzene rings is 1. The third-order valence-corrected chi connectivity index (χ3v) is 4.85. The fraction of sp³-hybridized carbons (Fsp3) is 0.300. The van der Waals surface area contributed by atoms with Crippen molar-refractivity contribution in [2.75, 3.05) is 49.7 Å². The second-order valence-corrected chi connectivity index (χ2v) is 6.81. The number of imidazole rings is 1. The molecule has 0 saturated carbocycles. The van der Waals surface area contributed by atoms with Gasteiger partial charge in [-0.2, -0.15) is 0 Å². The Morgan fingerprint density at radius 3 is 2.60 bits per heavy atom. The number of amides is 1. The van der Waals surface area contributed by atoms with Crippen LogP contribution in [0.5, 0.6) is 11.5 Å². The van der Waals surface area contributed by atoms with Gasteiger partial charge in [0.15, 0.2) is 11.5 Å². The van der Waals surface area contributed by atoms with Crippen molar-refractivity contribution in [3.05, 3.63) is 48.8 Å². The highest BCUT2D eigenvalue weighted by atomic mass is 16.6. The van der Waals surface area contributed by atoms with Crippen molar-refractivity contribution in [3.63, 3.8) is 0 Å². The minimum absolute atomic E-state index is 0.274. The first-order valence-electron chi connectivity index (χ1n) is 9.66. The Balaban J connectivity index is 1.31. The molecule has 1 saturated heterocycles. The minimum Gasteiger partial charge on any atom is -0.486 e. The highest BCUT2D eigenvalue weighted by molar-refractivity contribution is 6.02. The van der Waals surface area contributed by atoms with Crippen molar-refractivity contribution >= 4 is 17.4 Å². The molecule has 30 heavy (non-hydrogen) atoms. The van der Waals surface area contributed by atoms with Crippen LogP contribution in [-0.2, 0) is 4.74 Å². The first-order chi connectivity index (χ1) is 14.8. The molecular formula is C20H20N6O4. The molecule has 3 aromatic rings. The standard InChI is InChI=1S/C20H20N6O4/c27-20(24-14-1-2-16-17(9-14)30-8-7-29-16)15-11-26(13-23-15)19-10-18(21-12-22-19)25-3-5-28-6-4-25/h1-2,9-13H,3-8H2,(H,24,27). The van der Waals surface area contributed by atoms with E-state index in [4.69, 9.17) is 14.2 Å². The molecular weight excluding hydrogens is 388 g/mol. The Morgan fingerprint density at radius 1 is 0.933 bits per heavy atom. The van der Waals surface area contributed by atoms with Crippen LogP contribution in [0.2, 0.25) is 0 Å². The molecule has 2 aliphatic heterocycles. The Bertz CT molecular complexity index is 1060. The van der Waals surface area contributed by atoms with Gasteiger partial charge in [-0.1, -0.05) is 0 Å². The van der Waals surface area contributed by atoms with Gasteiger partial charge in [-0.15, -0.1) is 0 Å². The number of carbonyl (C=O) groups excluding carboxylic acids is 1. The van der Waals surface area contributed by atoms with Gasteiger partial charge in [0.2, 0.25) is 0 Å². The summed E-state index contributed by atoms with van der Waals surface area (Å²) in [6.45, 7) is 3.92. The summed E-state index contributed by atoms with van der Waals surface area (Å²) in [5.74, 6) is 2.41. The van der Waals surface area contributed by atoms with Crippen molar-refractivity contribution in [2.24, 2.45) is 0 Å². The molecule has 0 radical (unpaired) electrons. The number of rotatable bonds is 4. The Kier molecular flexibility index (Phi) is 4.89. The van der Waals surface area contributed by atoms with Gasteiger partial charge in [0.05, 0.1) is 13.2 Å². The van der Waals surface area contributed by atoms with Gasteiger partial charge in [-0.25, -0.2) is 15.0 Å². The molecule has 0 atom stereocenters. The Labute approximate surface area is 172 Å². The van der Waals surface area contributed by atoms with Gasteiger partial charge in [0.1, 0.15) is 43.2 Å². The van der Waals surface area contributed by atoms with E-state index in [1.54, 1.807) is 35.3 Å². The number of anilines is 2. The molecule has 2 aromatic heterocycles. The van der Waals surface area contributed by atoms with E-state index in [1.165, 1.54) is 6.33 Å². The molecule has 1 fully saturated rings. The van der Waals surface area contributed by atoms with Crippen molar-refractivity contribution < 1.29 is 19.0 Å². The molecule has 2 aliphatic rings. The van der Waals surface area contributed by atoms with E-state index in [1.807, 2.05) is 6.07 Å². The molecule has 0 bridgehead atoms. The van der Waals surface area contributed by atoms with E-state index >= 15 is 0 Å². The van der Waals surface area contributed by atoms with Gasteiger partial charge in [0, 0.05) is 37.1 Å². The average molecular weight is 408 g/mol. The predicted molar refractivity (Wildman–Crippen MR) is 108 cm³/mol. The lowest BCUT2D eigenvalue weighted by Gasteiger charge is -2.27. The number of hydrogen-bond acceptors (Lipinski definition) is 8. The number of aromatic nitrogens is 4. The van der Waals surface area contributed by atoms with Crippen LogP contribution in [0.4, 0.5) is 11.5 Å². The first-order valence-corrected chi connectivity index (χ1v) is 9.66. The van der Waals surface area contributed by atoms with Gasteiger partial charge >= 0.3 is 0 Å². The van der Waals surface area contributed by atoms with Crippen LogP contribution in [0.1, 0.15) is 10.5 Å². The number of carbonyl (C=O) groups is 1. The summed E-state index contributed by atoms with van der Waals surface area (Å²) < 4.78 is 18.1. The maximum absolute atomic E-state index is 12.6. The van der Waals surface area contributed by atoms with Crippen LogP contribution in [-0.4, -0.2) is 64.9 Å². The van der Waals surface area contributed by atoms with Crippen LogP contribution in [0.15, 0.2) is 43.1 Å². The van der Waals surface area contributed by atoms with Gasteiger partial charge in [0.25, 0.3) is 5.91 Å². The maximum atomic E-state index is 12.6. The third kappa shape index (κ3) is 3.77. The summed E-state index contributed by atoms with van der Waals surface area (Å²) in [5, 5.41) is 2.83. The Hall–Kier alpha value is -3.66. The summed E-state index contributed by atoms with van der Waals surface area (Å²) in [6.07, 6.45) is 4.71. The van der Waals surface area contributed by atoms with Crippen LogP contribution in [0.3, 0.4) is 0 Å². The molecule has 0 aliphatic carbocycles. The molecule has 154 valence electrons. The van der Waals surface area contributed by atoms with E-state index in [9.17, 15) is 4.79 Å². The third-order valence-electron chi connectivity index (χ3n) is 4.85. The predicted octanol–water partition coefficient (Wildman–Crippen LogP) is 1.52. The van der Waals surface area contributed by atoms with E-state index in [0.29, 0.717) is 49.4 Å². The fourth-order valence-electron chi connectivity index (χ4n) is 3.33. The van der Waals surface area contributed by atoms with Crippen molar-refractivity contribution in [1.82, 2.24) is 19.5 Å². The number of nitrogens with zero attached hydrogens (tertiary/aromatic N) is 5. The van der Waals surface area contributed by atoms with E-state index in [2.05, 4.69) is 25.2 Å². The zero-order valence-electron chi connectivity index (χ0n) is 16.2. The quantitative estimate of drug-likeness (QED) is 0.693. The van der Waals surface area contributed by atoms with Gasteiger partial charge in [-0.3, -0.25) is 9.36 Å². The molecule has 10 nitrogen and oxygen atoms in total. The summed E-state index contributed by atoms with van der Waals surface area (Å²) >= 11 is 0. The van der Waals surface area contributed by atoms with Crippen molar-refractivity contribution in [1.29, 1.82) is 0 Å². The smallest absolute Gasteiger partial charge is 0.275 e. The monoisotopic (exact) mass is 408 g/mol. The van der Waals surface area contributed by atoms with E-state index in [0.717, 1.165) is 18.9 Å². The van der Waals surface area contributed by atoms with Crippen LogP contribution < -0.4 is 19.7 Å². The molecule has 0 spiro atoms. The van der Waals surface area contributed by atoms with Gasteiger partial charge in [-0.05, 0) is 12.1 Å². The number of nitrogens with one attached hydrogen (secondary N) is 1.